The van der Waals surface area contributed by atoms with Crippen LogP contribution in [0.4, 0.5) is 0 Å². The lowest BCUT2D eigenvalue weighted by molar-refractivity contribution is 0.0837. The van der Waals surface area contributed by atoms with E-state index in [4.69, 9.17) is 0 Å². The van der Waals surface area contributed by atoms with Crippen molar-refractivity contribution in [2.75, 3.05) is 33.2 Å². The summed E-state index contributed by atoms with van der Waals surface area (Å²) in [6.07, 6.45) is 0.772. The van der Waals surface area contributed by atoms with E-state index in [-0.39, 0.29) is 0 Å². The molecule has 1 heterocycles. The summed E-state index contributed by atoms with van der Waals surface area (Å²) in [5.41, 5.74) is 0.826. The first kappa shape index (κ1) is 15.0. The molecule has 1 atom stereocenters. The molecule has 1 fully saturated rings. The fraction of sp³-hybridized carbons (Fsp3) is 0.421. The highest BCUT2D eigenvalue weighted by Crippen LogP contribution is 2.26. The predicted molar refractivity (Wildman–Crippen MR) is 90.7 cm³/mol. The molecule has 0 saturated carbocycles. The number of hydrogen-bond acceptors (Lipinski definition) is 3. The lowest BCUT2D eigenvalue weighted by atomic mass is 9.89. The van der Waals surface area contributed by atoms with E-state index >= 15 is 0 Å². The maximum Gasteiger partial charge on any atom is 0.110 e. The van der Waals surface area contributed by atoms with Gasteiger partial charge in [0.25, 0.3) is 0 Å². The summed E-state index contributed by atoms with van der Waals surface area (Å²) < 4.78 is 0. The molecule has 0 radical (unpaired) electrons. The van der Waals surface area contributed by atoms with Crippen molar-refractivity contribution in [1.82, 2.24) is 9.80 Å². The third-order valence-electron chi connectivity index (χ3n) is 4.86. The summed E-state index contributed by atoms with van der Waals surface area (Å²) in [6.45, 7) is 6.08. The molecular formula is C19H23N3. The van der Waals surface area contributed by atoms with E-state index in [0.717, 1.165) is 32.6 Å². The highest BCUT2D eigenvalue weighted by atomic mass is 15.3. The molecule has 1 saturated heterocycles. The lowest BCUT2D eigenvalue weighted by Crippen LogP contribution is -2.55. The van der Waals surface area contributed by atoms with Crippen molar-refractivity contribution in [2.24, 2.45) is 0 Å². The van der Waals surface area contributed by atoms with Crippen LogP contribution in [0.15, 0.2) is 42.5 Å². The second-order valence-corrected chi connectivity index (χ2v) is 6.49. The Hall–Kier alpha value is -1.89. The Morgan fingerprint density at radius 1 is 1.05 bits per heavy atom. The molecule has 0 amide bonds. The summed E-state index contributed by atoms with van der Waals surface area (Å²) in [7, 11) is 2.14. The highest BCUT2D eigenvalue weighted by Gasteiger charge is 2.34. The van der Waals surface area contributed by atoms with Gasteiger partial charge in [0.05, 0.1) is 6.07 Å². The Labute approximate surface area is 132 Å². The second-order valence-electron chi connectivity index (χ2n) is 6.49. The number of benzene rings is 2. The second kappa shape index (κ2) is 6.08. The first-order valence-electron chi connectivity index (χ1n) is 7.94. The normalized spacial score (nSPS) is 19.7. The SMILES string of the molecule is CN1CCN(C(C)(C#N)Cc2cccc3ccccc23)CC1. The van der Waals surface area contributed by atoms with Gasteiger partial charge in [-0.1, -0.05) is 42.5 Å². The van der Waals surface area contributed by atoms with Crippen molar-refractivity contribution >= 4 is 10.8 Å². The Bertz CT molecular complexity index is 690. The van der Waals surface area contributed by atoms with Gasteiger partial charge in [-0.15, -0.1) is 0 Å². The van der Waals surface area contributed by atoms with Crippen molar-refractivity contribution in [3.63, 3.8) is 0 Å². The Morgan fingerprint density at radius 2 is 1.73 bits per heavy atom. The van der Waals surface area contributed by atoms with E-state index in [1.807, 2.05) is 0 Å². The Balaban J connectivity index is 1.90. The third kappa shape index (κ3) is 2.85. The highest BCUT2D eigenvalue weighted by molar-refractivity contribution is 5.85. The minimum atomic E-state index is -0.439. The van der Waals surface area contributed by atoms with Crippen LogP contribution in [0.25, 0.3) is 10.8 Å². The smallest absolute Gasteiger partial charge is 0.110 e. The molecule has 2 aromatic rings. The molecule has 1 unspecified atom stereocenters. The van der Waals surface area contributed by atoms with Crippen LogP contribution in [0.5, 0.6) is 0 Å². The number of nitrogens with zero attached hydrogens (tertiary/aromatic N) is 3. The molecule has 0 spiro atoms. The van der Waals surface area contributed by atoms with Crippen LogP contribution < -0.4 is 0 Å². The number of fused-ring (bicyclic) bond motifs is 1. The minimum absolute atomic E-state index is 0.439. The van der Waals surface area contributed by atoms with Gasteiger partial charge in [-0.3, -0.25) is 4.90 Å². The Kier molecular flexibility index (Phi) is 4.15. The molecule has 1 aliphatic rings. The van der Waals surface area contributed by atoms with Crippen molar-refractivity contribution in [1.29, 1.82) is 5.26 Å². The maximum atomic E-state index is 9.83. The van der Waals surface area contributed by atoms with Crippen LogP contribution >= 0.6 is 0 Å². The average molecular weight is 293 g/mol. The van der Waals surface area contributed by atoms with Gasteiger partial charge in [-0.25, -0.2) is 0 Å². The van der Waals surface area contributed by atoms with Crippen LogP contribution in [0, 0.1) is 11.3 Å². The molecule has 0 aromatic heterocycles. The zero-order chi connectivity index (χ0) is 15.6. The number of piperazine rings is 1. The van der Waals surface area contributed by atoms with Gasteiger partial charge < -0.3 is 4.90 Å². The van der Waals surface area contributed by atoms with Crippen LogP contribution in [-0.2, 0) is 6.42 Å². The summed E-state index contributed by atoms with van der Waals surface area (Å²) >= 11 is 0. The van der Waals surface area contributed by atoms with Crippen LogP contribution in [0.1, 0.15) is 12.5 Å². The number of likely N-dealkylation sites (N-methyl/N-ethyl adjacent to an activating group) is 1. The number of hydrogen-bond donors (Lipinski definition) is 0. The van der Waals surface area contributed by atoms with Gasteiger partial charge in [0, 0.05) is 32.6 Å². The largest absolute Gasteiger partial charge is 0.304 e. The van der Waals surface area contributed by atoms with E-state index < -0.39 is 5.54 Å². The molecule has 0 aliphatic carbocycles. The molecule has 1 aliphatic heterocycles. The molecule has 3 rings (SSSR count). The summed E-state index contributed by atoms with van der Waals surface area (Å²) in [4.78, 5) is 4.67. The van der Waals surface area contributed by atoms with Crippen molar-refractivity contribution in [3.05, 3.63) is 48.0 Å². The quantitative estimate of drug-likeness (QED) is 0.871. The maximum absolute atomic E-state index is 9.83. The van der Waals surface area contributed by atoms with Crippen LogP contribution in [0.2, 0.25) is 0 Å². The molecule has 114 valence electrons. The number of rotatable bonds is 3. The molecular weight excluding hydrogens is 270 g/mol. The van der Waals surface area contributed by atoms with Crippen molar-refractivity contribution in [2.45, 2.75) is 18.9 Å². The van der Waals surface area contributed by atoms with Gasteiger partial charge >= 0.3 is 0 Å². The van der Waals surface area contributed by atoms with Gasteiger partial charge in [0.1, 0.15) is 5.54 Å². The molecule has 3 heteroatoms. The lowest BCUT2D eigenvalue weighted by Gasteiger charge is -2.41. The monoisotopic (exact) mass is 293 g/mol. The standard InChI is InChI=1S/C19H23N3/c1-19(15-20,22-12-10-21(2)11-13-22)14-17-8-5-7-16-6-3-4-9-18(16)17/h3-9H,10-14H2,1-2H3. The van der Waals surface area contributed by atoms with E-state index in [1.165, 1.54) is 16.3 Å². The van der Waals surface area contributed by atoms with Gasteiger partial charge in [-0.2, -0.15) is 5.26 Å². The summed E-state index contributed by atoms with van der Waals surface area (Å²) in [6, 6.07) is 17.4. The van der Waals surface area contributed by atoms with E-state index in [1.54, 1.807) is 0 Å². The van der Waals surface area contributed by atoms with E-state index in [0.29, 0.717) is 0 Å². The Morgan fingerprint density at radius 3 is 2.45 bits per heavy atom. The van der Waals surface area contributed by atoms with Gasteiger partial charge in [0.15, 0.2) is 0 Å². The first-order chi connectivity index (χ1) is 10.6. The zero-order valence-electron chi connectivity index (χ0n) is 13.4. The molecule has 3 nitrogen and oxygen atoms in total. The van der Waals surface area contributed by atoms with Crippen molar-refractivity contribution in [3.8, 4) is 6.07 Å². The average Bonchev–Trinajstić information content (AvgIpc) is 2.55. The third-order valence-corrected chi connectivity index (χ3v) is 4.86. The van der Waals surface area contributed by atoms with Gasteiger partial charge in [0.2, 0.25) is 0 Å². The minimum Gasteiger partial charge on any atom is -0.304 e. The fourth-order valence-corrected chi connectivity index (χ4v) is 3.34. The zero-order valence-corrected chi connectivity index (χ0v) is 13.4. The molecule has 0 bridgehead atoms. The van der Waals surface area contributed by atoms with E-state index in [2.05, 4.69) is 72.3 Å². The van der Waals surface area contributed by atoms with Crippen LogP contribution in [-0.4, -0.2) is 48.6 Å². The van der Waals surface area contributed by atoms with Crippen LogP contribution in [0.3, 0.4) is 0 Å². The van der Waals surface area contributed by atoms with Crippen molar-refractivity contribution < 1.29 is 0 Å². The summed E-state index contributed by atoms with van der Waals surface area (Å²) in [5, 5.41) is 12.3. The topological polar surface area (TPSA) is 30.3 Å². The molecule has 22 heavy (non-hydrogen) atoms. The first-order valence-corrected chi connectivity index (χ1v) is 7.94. The summed E-state index contributed by atoms with van der Waals surface area (Å²) in [5.74, 6) is 0. The van der Waals surface area contributed by atoms with E-state index in [9.17, 15) is 5.26 Å². The fourth-order valence-electron chi connectivity index (χ4n) is 3.34. The van der Waals surface area contributed by atoms with Gasteiger partial charge in [-0.05, 0) is 30.3 Å². The molecule has 2 aromatic carbocycles. The molecule has 0 N–H and O–H groups in total. The predicted octanol–water partition coefficient (Wildman–Crippen LogP) is 2.91. The number of nitriles is 1.